The smallest absolute Gasteiger partial charge is 0.411 e. The van der Waals surface area contributed by atoms with Crippen molar-refractivity contribution in [2.24, 2.45) is 0 Å². The summed E-state index contributed by atoms with van der Waals surface area (Å²) in [5.41, 5.74) is 0.996. The van der Waals surface area contributed by atoms with Crippen molar-refractivity contribution in [1.29, 1.82) is 0 Å². The highest BCUT2D eigenvalue weighted by atomic mass is 16.6. The zero-order valence-electron chi connectivity index (χ0n) is 14.5. The van der Waals surface area contributed by atoms with Crippen molar-refractivity contribution in [3.63, 3.8) is 0 Å². The highest BCUT2D eigenvalue weighted by Crippen LogP contribution is 2.38. The number of amides is 1. The summed E-state index contributed by atoms with van der Waals surface area (Å²) in [7, 11) is 0. The molecule has 3 rings (SSSR count). The summed E-state index contributed by atoms with van der Waals surface area (Å²) in [6.45, 7) is 6.01. The van der Waals surface area contributed by atoms with Crippen molar-refractivity contribution in [2.75, 3.05) is 6.54 Å². The topological polar surface area (TPSA) is 81.1 Å². The Balaban J connectivity index is 2.00. The summed E-state index contributed by atoms with van der Waals surface area (Å²) < 4.78 is 5.59. The normalized spacial score (nSPS) is 20.4. The van der Waals surface area contributed by atoms with Crippen LogP contribution in [-0.4, -0.2) is 43.1 Å². The molecule has 130 valence electrons. The lowest BCUT2D eigenvalue weighted by Gasteiger charge is -2.38. The molecule has 0 aliphatic carbocycles. The molecule has 25 heavy (non-hydrogen) atoms. The van der Waals surface area contributed by atoms with Gasteiger partial charge in [-0.2, -0.15) is 0 Å². The number of carbonyl (C=O) groups is 1. The predicted molar refractivity (Wildman–Crippen MR) is 91.6 cm³/mol. The van der Waals surface area contributed by atoms with Crippen LogP contribution in [0.4, 0.5) is 4.79 Å². The van der Waals surface area contributed by atoms with E-state index in [1.807, 2.05) is 39.0 Å². The van der Waals surface area contributed by atoms with Gasteiger partial charge in [0.05, 0.1) is 17.4 Å². The zero-order valence-corrected chi connectivity index (χ0v) is 14.5. The summed E-state index contributed by atoms with van der Waals surface area (Å²) >= 11 is 0. The molecule has 0 aromatic carbocycles. The van der Waals surface area contributed by atoms with Crippen LogP contribution in [-0.2, 0) is 4.74 Å². The quantitative estimate of drug-likeness (QED) is 0.783. The summed E-state index contributed by atoms with van der Waals surface area (Å²) in [5, 5.41) is 0. The molecule has 0 radical (unpaired) electrons. The van der Waals surface area contributed by atoms with E-state index in [0.717, 1.165) is 11.4 Å². The van der Waals surface area contributed by atoms with Crippen molar-refractivity contribution in [3.05, 3.63) is 60.7 Å². The molecule has 2 aromatic heterocycles. The van der Waals surface area contributed by atoms with Gasteiger partial charge in [0, 0.05) is 24.9 Å². The third kappa shape index (κ3) is 3.99. The van der Waals surface area contributed by atoms with Crippen molar-refractivity contribution < 1.29 is 9.53 Å². The molecule has 2 atom stereocenters. The van der Waals surface area contributed by atoms with Gasteiger partial charge in [-0.25, -0.2) is 24.7 Å². The van der Waals surface area contributed by atoms with Crippen LogP contribution in [0.5, 0.6) is 0 Å². The number of aromatic nitrogens is 4. The van der Waals surface area contributed by atoms with Gasteiger partial charge in [0.1, 0.15) is 18.3 Å². The van der Waals surface area contributed by atoms with E-state index in [4.69, 9.17) is 4.74 Å². The second-order valence-corrected chi connectivity index (χ2v) is 6.80. The fourth-order valence-corrected chi connectivity index (χ4v) is 2.82. The Morgan fingerprint density at radius 3 is 2.32 bits per heavy atom. The van der Waals surface area contributed by atoms with Crippen LogP contribution in [0.3, 0.4) is 0 Å². The Morgan fingerprint density at radius 1 is 1.12 bits per heavy atom. The van der Waals surface area contributed by atoms with Crippen molar-refractivity contribution in [3.8, 4) is 0 Å². The predicted octanol–water partition coefficient (Wildman–Crippen LogP) is 2.90. The Labute approximate surface area is 146 Å². The second-order valence-electron chi connectivity index (χ2n) is 6.80. The average Bonchev–Trinajstić information content (AvgIpc) is 2.61. The van der Waals surface area contributed by atoms with E-state index in [1.54, 1.807) is 17.3 Å². The monoisotopic (exact) mass is 339 g/mol. The van der Waals surface area contributed by atoms with Crippen LogP contribution in [0, 0.1) is 0 Å². The van der Waals surface area contributed by atoms with Gasteiger partial charge in [0.2, 0.25) is 0 Å². The first-order valence-corrected chi connectivity index (χ1v) is 8.14. The summed E-state index contributed by atoms with van der Waals surface area (Å²) in [5.74, 6) is -0.140. The lowest BCUT2D eigenvalue weighted by molar-refractivity contribution is 0.0152. The molecule has 7 heteroatoms. The Bertz CT molecular complexity index is 743. The summed E-state index contributed by atoms with van der Waals surface area (Å²) in [6, 6.07) is 3.34. The van der Waals surface area contributed by atoms with E-state index in [1.165, 1.54) is 12.7 Å². The molecular weight excluding hydrogens is 318 g/mol. The number of hydrogen-bond acceptors (Lipinski definition) is 6. The molecule has 0 spiro atoms. The van der Waals surface area contributed by atoms with E-state index in [-0.39, 0.29) is 18.1 Å². The minimum atomic E-state index is -0.571. The van der Waals surface area contributed by atoms with Crippen LogP contribution in [0.25, 0.3) is 0 Å². The first kappa shape index (κ1) is 17.0. The Morgan fingerprint density at radius 2 is 1.76 bits per heavy atom. The maximum Gasteiger partial charge on any atom is 0.411 e. The summed E-state index contributed by atoms with van der Waals surface area (Å²) in [6.07, 6.45) is 9.99. The SMILES string of the molecule is CC(C)(C)OC(=O)N1CC=CC(c2ccncn2)C1c1ccncn1. The van der Waals surface area contributed by atoms with Gasteiger partial charge in [0.15, 0.2) is 0 Å². The molecule has 0 fully saturated rings. The number of carbonyl (C=O) groups excluding carboxylic acids is 1. The molecule has 3 heterocycles. The Kier molecular flexibility index (Phi) is 4.74. The van der Waals surface area contributed by atoms with Crippen LogP contribution < -0.4 is 0 Å². The number of nitrogens with zero attached hydrogens (tertiary/aromatic N) is 5. The van der Waals surface area contributed by atoms with Crippen molar-refractivity contribution in [1.82, 2.24) is 24.8 Å². The van der Waals surface area contributed by atoms with Crippen molar-refractivity contribution in [2.45, 2.75) is 38.3 Å². The fraction of sp³-hybridized carbons (Fsp3) is 0.389. The molecule has 7 nitrogen and oxygen atoms in total. The molecule has 0 N–H and O–H groups in total. The maximum absolute atomic E-state index is 12.8. The van der Waals surface area contributed by atoms with Crippen LogP contribution >= 0.6 is 0 Å². The highest BCUT2D eigenvalue weighted by Gasteiger charge is 2.37. The van der Waals surface area contributed by atoms with Gasteiger partial charge in [0.25, 0.3) is 0 Å². The first-order chi connectivity index (χ1) is 12.0. The fourth-order valence-electron chi connectivity index (χ4n) is 2.82. The number of hydrogen-bond donors (Lipinski definition) is 0. The molecular formula is C18H21N5O2. The van der Waals surface area contributed by atoms with Crippen LogP contribution in [0.2, 0.25) is 0 Å². The van der Waals surface area contributed by atoms with E-state index >= 15 is 0 Å². The number of ether oxygens (including phenoxy) is 1. The van der Waals surface area contributed by atoms with Gasteiger partial charge in [-0.15, -0.1) is 0 Å². The third-order valence-electron chi connectivity index (χ3n) is 3.80. The van der Waals surface area contributed by atoms with Gasteiger partial charge < -0.3 is 4.74 Å². The molecule has 2 aromatic rings. The van der Waals surface area contributed by atoms with Gasteiger partial charge in [-0.3, -0.25) is 4.90 Å². The van der Waals surface area contributed by atoms with Crippen molar-refractivity contribution >= 4 is 6.09 Å². The summed E-state index contributed by atoms with van der Waals surface area (Å²) in [4.78, 5) is 31.1. The van der Waals surface area contributed by atoms with E-state index in [9.17, 15) is 4.79 Å². The molecule has 0 saturated carbocycles. The maximum atomic E-state index is 12.8. The third-order valence-corrected chi connectivity index (χ3v) is 3.80. The molecule has 2 unspecified atom stereocenters. The van der Waals surface area contributed by atoms with Gasteiger partial charge in [-0.1, -0.05) is 12.2 Å². The highest BCUT2D eigenvalue weighted by molar-refractivity contribution is 5.69. The first-order valence-electron chi connectivity index (χ1n) is 8.14. The molecule has 0 bridgehead atoms. The lowest BCUT2D eigenvalue weighted by atomic mass is 9.89. The molecule has 1 amide bonds. The minimum absolute atomic E-state index is 0.140. The van der Waals surface area contributed by atoms with E-state index in [0.29, 0.717) is 6.54 Å². The van der Waals surface area contributed by atoms with Gasteiger partial charge in [-0.05, 0) is 32.9 Å². The molecule has 1 aliphatic heterocycles. The van der Waals surface area contributed by atoms with E-state index in [2.05, 4.69) is 26.0 Å². The number of rotatable bonds is 2. The lowest BCUT2D eigenvalue weighted by Crippen LogP contribution is -2.43. The Hall–Kier alpha value is -2.83. The average molecular weight is 339 g/mol. The second kappa shape index (κ2) is 6.96. The minimum Gasteiger partial charge on any atom is -0.444 e. The molecule has 1 aliphatic rings. The standard InChI is InChI=1S/C18H21N5O2/c1-18(2,3)25-17(24)23-10-4-5-13(14-6-8-19-11-21-14)16(23)15-7-9-20-12-22-15/h4-9,11-13,16H,10H2,1-3H3. The zero-order chi connectivity index (χ0) is 17.9. The van der Waals surface area contributed by atoms with E-state index < -0.39 is 5.60 Å². The largest absolute Gasteiger partial charge is 0.444 e. The van der Waals surface area contributed by atoms with Gasteiger partial charge >= 0.3 is 6.09 Å². The van der Waals surface area contributed by atoms with Crippen LogP contribution in [0.1, 0.15) is 44.1 Å². The van der Waals surface area contributed by atoms with Crippen LogP contribution in [0.15, 0.2) is 49.3 Å². The molecule has 0 saturated heterocycles.